The predicted molar refractivity (Wildman–Crippen MR) is 115 cm³/mol. The van der Waals surface area contributed by atoms with Gasteiger partial charge >= 0.3 is 0 Å². The van der Waals surface area contributed by atoms with E-state index < -0.39 is 0 Å². The molecule has 0 atom stereocenters. The lowest BCUT2D eigenvalue weighted by molar-refractivity contribution is 0.318. The van der Waals surface area contributed by atoms with Crippen molar-refractivity contribution in [3.05, 3.63) is 72.6 Å². The Balaban J connectivity index is 1.45. The molecule has 0 bridgehead atoms. The van der Waals surface area contributed by atoms with Crippen LogP contribution < -0.4 is 0 Å². The summed E-state index contributed by atoms with van der Waals surface area (Å²) in [7, 11) is 0. The highest BCUT2D eigenvalue weighted by molar-refractivity contribution is 5.78. The van der Waals surface area contributed by atoms with Gasteiger partial charge < -0.3 is 9.97 Å². The molecule has 1 spiro atoms. The molecule has 4 aromatic rings. The number of fused-ring (bicyclic) bond motifs is 1. The standard InChI is InChI=1S/C25H24N4/c1-2-10-25(9-1)11-21-19(7-8-20(22(21)12-25)24-14-27-16-29-24)17-3-5-18(6-4-17)23-13-26-15-28-23/h3-8,13-16H,1-2,9-12H2,(H,26,28)(H,27,29). The van der Waals surface area contributed by atoms with Crippen molar-refractivity contribution >= 4 is 0 Å². The quantitative estimate of drug-likeness (QED) is 0.472. The zero-order valence-electron chi connectivity index (χ0n) is 16.4. The van der Waals surface area contributed by atoms with E-state index in [2.05, 4.69) is 56.3 Å². The highest BCUT2D eigenvalue weighted by atomic mass is 14.9. The van der Waals surface area contributed by atoms with Crippen molar-refractivity contribution in [2.24, 2.45) is 5.41 Å². The molecular formula is C25H24N4. The van der Waals surface area contributed by atoms with Crippen molar-refractivity contribution in [3.8, 4) is 33.6 Å². The number of rotatable bonds is 3. The zero-order valence-corrected chi connectivity index (χ0v) is 16.4. The van der Waals surface area contributed by atoms with Gasteiger partial charge in [-0.2, -0.15) is 0 Å². The molecule has 2 aliphatic rings. The van der Waals surface area contributed by atoms with Gasteiger partial charge in [-0.1, -0.05) is 49.2 Å². The second-order valence-corrected chi connectivity index (χ2v) is 8.69. The third-order valence-corrected chi connectivity index (χ3v) is 6.99. The second-order valence-electron chi connectivity index (χ2n) is 8.69. The lowest BCUT2D eigenvalue weighted by Crippen LogP contribution is -2.15. The van der Waals surface area contributed by atoms with E-state index in [-0.39, 0.29) is 0 Å². The smallest absolute Gasteiger partial charge is 0.0924 e. The number of hydrogen-bond donors (Lipinski definition) is 2. The van der Waals surface area contributed by atoms with Crippen LogP contribution in [0.5, 0.6) is 0 Å². The largest absolute Gasteiger partial charge is 0.345 e. The third-order valence-electron chi connectivity index (χ3n) is 6.99. The van der Waals surface area contributed by atoms with E-state index in [4.69, 9.17) is 0 Å². The molecule has 0 unspecified atom stereocenters. The number of H-pyrrole nitrogens is 2. The molecule has 144 valence electrons. The lowest BCUT2D eigenvalue weighted by Gasteiger charge is -2.22. The van der Waals surface area contributed by atoms with Crippen LogP contribution in [0.25, 0.3) is 33.6 Å². The van der Waals surface area contributed by atoms with Gasteiger partial charge in [0.1, 0.15) is 0 Å². The zero-order chi connectivity index (χ0) is 19.3. The summed E-state index contributed by atoms with van der Waals surface area (Å²) in [6.07, 6.45) is 15.2. The van der Waals surface area contributed by atoms with Crippen molar-refractivity contribution in [2.45, 2.75) is 38.5 Å². The van der Waals surface area contributed by atoms with E-state index >= 15 is 0 Å². The van der Waals surface area contributed by atoms with Crippen LogP contribution in [0.3, 0.4) is 0 Å². The maximum atomic E-state index is 4.26. The molecule has 0 saturated heterocycles. The van der Waals surface area contributed by atoms with Crippen molar-refractivity contribution in [2.75, 3.05) is 0 Å². The minimum atomic E-state index is 0.475. The van der Waals surface area contributed by atoms with Crippen molar-refractivity contribution < 1.29 is 0 Å². The molecule has 6 rings (SSSR count). The molecule has 2 heterocycles. The molecule has 2 N–H and O–H groups in total. The summed E-state index contributed by atoms with van der Waals surface area (Å²) < 4.78 is 0. The van der Waals surface area contributed by atoms with Gasteiger partial charge in [0.15, 0.2) is 0 Å². The number of benzene rings is 2. The van der Waals surface area contributed by atoms with Crippen LogP contribution in [-0.4, -0.2) is 19.9 Å². The summed E-state index contributed by atoms with van der Waals surface area (Å²) in [6.45, 7) is 0. The fourth-order valence-corrected chi connectivity index (χ4v) is 5.56. The number of imidazole rings is 2. The molecule has 2 aliphatic carbocycles. The molecular weight excluding hydrogens is 356 g/mol. The molecule has 29 heavy (non-hydrogen) atoms. The first-order chi connectivity index (χ1) is 14.3. The number of nitrogens with zero attached hydrogens (tertiary/aromatic N) is 2. The number of aromatic nitrogens is 4. The van der Waals surface area contributed by atoms with Crippen LogP contribution >= 0.6 is 0 Å². The Morgan fingerprint density at radius 3 is 1.90 bits per heavy atom. The highest BCUT2D eigenvalue weighted by Gasteiger charge is 2.41. The van der Waals surface area contributed by atoms with Crippen LogP contribution in [0.1, 0.15) is 36.8 Å². The molecule has 0 aliphatic heterocycles. The van der Waals surface area contributed by atoms with E-state index in [0.29, 0.717) is 5.41 Å². The predicted octanol–water partition coefficient (Wildman–Crippen LogP) is 5.79. The fraction of sp³-hybridized carbons (Fsp3) is 0.280. The monoisotopic (exact) mass is 380 g/mol. The average Bonchev–Trinajstić information content (AvgIpc) is 3.54. The normalized spacial score (nSPS) is 17.1. The van der Waals surface area contributed by atoms with Gasteiger partial charge in [0.2, 0.25) is 0 Å². The van der Waals surface area contributed by atoms with Gasteiger partial charge in [0.05, 0.1) is 36.4 Å². The summed E-state index contributed by atoms with van der Waals surface area (Å²) in [6, 6.07) is 13.5. The first-order valence-electron chi connectivity index (χ1n) is 10.5. The summed E-state index contributed by atoms with van der Waals surface area (Å²) in [5.41, 5.74) is 10.9. The summed E-state index contributed by atoms with van der Waals surface area (Å²) in [5, 5.41) is 0. The van der Waals surface area contributed by atoms with E-state index in [0.717, 1.165) is 11.4 Å². The molecule has 1 fully saturated rings. The number of hydrogen-bond acceptors (Lipinski definition) is 2. The fourth-order valence-electron chi connectivity index (χ4n) is 5.56. The minimum Gasteiger partial charge on any atom is -0.345 e. The van der Waals surface area contributed by atoms with E-state index in [1.54, 1.807) is 18.2 Å². The van der Waals surface area contributed by atoms with E-state index in [9.17, 15) is 0 Å². The van der Waals surface area contributed by atoms with Crippen LogP contribution in [-0.2, 0) is 12.8 Å². The third kappa shape index (κ3) is 2.74. The lowest BCUT2D eigenvalue weighted by atomic mass is 9.82. The minimum absolute atomic E-state index is 0.475. The summed E-state index contributed by atoms with van der Waals surface area (Å²) in [5.74, 6) is 0. The molecule has 1 saturated carbocycles. The summed E-state index contributed by atoms with van der Waals surface area (Å²) >= 11 is 0. The number of aromatic amines is 2. The average molecular weight is 380 g/mol. The Bertz CT molecular complexity index is 1130. The Kier molecular flexibility index (Phi) is 3.73. The highest BCUT2D eigenvalue weighted by Crippen LogP contribution is 2.52. The Labute approximate surface area is 170 Å². The van der Waals surface area contributed by atoms with Crippen LogP contribution in [0, 0.1) is 5.41 Å². The van der Waals surface area contributed by atoms with Gasteiger partial charge in [0.25, 0.3) is 0 Å². The maximum absolute atomic E-state index is 4.26. The Morgan fingerprint density at radius 2 is 1.24 bits per heavy atom. The Hall–Kier alpha value is -3.14. The molecule has 0 radical (unpaired) electrons. The number of nitrogens with one attached hydrogen (secondary N) is 2. The Morgan fingerprint density at radius 1 is 0.655 bits per heavy atom. The topological polar surface area (TPSA) is 57.4 Å². The van der Waals surface area contributed by atoms with Gasteiger partial charge in [0, 0.05) is 5.56 Å². The summed E-state index contributed by atoms with van der Waals surface area (Å²) in [4.78, 5) is 14.9. The van der Waals surface area contributed by atoms with Crippen LogP contribution in [0.2, 0.25) is 0 Å². The van der Waals surface area contributed by atoms with Crippen LogP contribution in [0.15, 0.2) is 61.4 Å². The van der Waals surface area contributed by atoms with Gasteiger partial charge in [-0.05, 0) is 58.9 Å². The molecule has 0 amide bonds. The SMILES string of the molecule is c1ncc(-c2ccc(-c3ccc(-c4cnc[nH]4)c4c3CC3(CCCC3)C4)cc2)[nH]1. The molecule has 2 aromatic heterocycles. The molecule has 4 nitrogen and oxygen atoms in total. The molecule has 2 aromatic carbocycles. The van der Waals surface area contributed by atoms with Crippen molar-refractivity contribution in [1.29, 1.82) is 0 Å². The van der Waals surface area contributed by atoms with Crippen LogP contribution in [0.4, 0.5) is 0 Å². The molecule has 4 heteroatoms. The van der Waals surface area contributed by atoms with Gasteiger partial charge in [-0.25, -0.2) is 9.97 Å². The van der Waals surface area contributed by atoms with Crippen molar-refractivity contribution in [1.82, 2.24) is 19.9 Å². The maximum Gasteiger partial charge on any atom is 0.0924 e. The van der Waals surface area contributed by atoms with Crippen molar-refractivity contribution in [3.63, 3.8) is 0 Å². The second kappa shape index (κ2) is 6.45. The first kappa shape index (κ1) is 16.8. The van der Waals surface area contributed by atoms with Gasteiger partial charge in [-0.15, -0.1) is 0 Å². The van der Waals surface area contributed by atoms with E-state index in [1.807, 2.05) is 12.4 Å². The first-order valence-corrected chi connectivity index (χ1v) is 10.5. The van der Waals surface area contributed by atoms with E-state index in [1.165, 1.54) is 66.3 Å². The van der Waals surface area contributed by atoms with Gasteiger partial charge in [-0.3, -0.25) is 0 Å².